The van der Waals surface area contributed by atoms with Gasteiger partial charge in [-0.1, -0.05) is 29.3 Å². The maximum Gasteiger partial charge on any atom is 0.278 e. The highest BCUT2D eigenvalue weighted by molar-refractivity contribution is 6.30. The molecule has 0 aliphatic carbocycles. The Hall–Kier alpha value is -3.12. The first-order valence-electron chi connectivity index (χ1n) is 9.17. The lowest BCUT2D eigenvalue weighted by Crippen LogP contribution is -2.36. The summed E-state index contributed by atoms with van der Waals surface area (Å²) < 4.78 is 7.22. The number of carbonyl (C=O) groups is 1. The Morgan fingerprint density at radius 1 is 1.10 bits per heavy atom. The minimum atomic E-state index is -0.454. The fraction of sp³-hybridized carbons (Fsp3) is 0.227. The summed E-state index contributed by atoms with van der Waals surface area (Å²) in [7, 11) is 1.62. The lowest BCUT2D eigenvalue weighted by molar-refractivity contribution is 0.0764. The molecule has 0 N–H and O–H groups in total. The number of aryl methyl sites for hydroxylation is 2. The van der Waals surface area contributed by atoms with E-state index in [1.807, 2.05) is 31.2 Å². The van der Waals surface area contributed by atoms with Gasteiger partial charge < -0.3 is 9.64 Å². The normalized spacial score (nSPS) is 10.6. The Kier molecular flexibility index (Phi) is 6.34. The zero-order valence-electron chi connectivity index (χ0n) is 16.6. The van der Waals surface area contributed by atoms with Gasteiger partial charge in [0.05, 0.1) is 12.2 Å². The largest absolute Gasteiger partial charge is 0.492 e. The molecule has 1 amide bonds. The summed E-state index contributed by atoms with van der Waals surface area (Å²) in [5, 5.41) is 4.89. The van der Waals surface area contributed by atoms with Gasteiger partial charge in [-0.15, -0.1) is 0 Å². The van der Waals surface area contributed by atoms with Crippen LogP contribution in [0.5, 0.6) is 5.75 Å². The van der Waals surface area contributed by atoms with Gasteiger partial charge in [-0.05, 0) is 50.2 Å². The van der Waals surface area contributed by atoms with Crippen molar-refractivity contribution in [3.63, 3.8) is 0 Å². The van der Waals surface area contributed by atoms with Crippen molar-refractivity contribution in [2.45, 2.75) is 13.8 Å². The number of hydrogen-bond donors (Lipinski definition) is 0. The number of carbonyl (C=O) groups excluding carboxylic acids is 1. The highest BCUT2D eigenvalue weighted by Crippen LogP contribution is 2.14. The number of halogens is 1. The number of likely N-dealkylation sites (N-methyl/N-ethyl adjacent to an activating group) is 1. The van der Waals surface area contributed by atoms with Crippen LogP contribution < -0.4 is 10.2 Å². The van der Waals surface area contributed by atoms with Gasteiger partial charge in [0, 0.05) is 23.8 Å². The average molecular weight is 412 g/mol. The average Bonchev–Trinajstić information content (AvgIpc) is 2.70. The fourth-order valence-corrected chi connectivity index (χ4v) is 2.88. The summed E-state index contributed by atoms with van der Waals surface area (Å²) in [6.45, 7) is 4.39. The third-order valence-electron chi connectivity index (χ3n) is 4.44. The molecule has 0 atom stereocenters. The van der Waals surface area contributed by atoms with E-state index in [0.717, 1.165) is 11.3 Å². The summed E-state index contributed by atoms with van der Waals surface area (Å²) in [4.78, 5) is 26.6. The van der Waals surface area contributed by atoms with Crippen molar-refractivity contribution in [2.75, 3.05) is 20.2 Å². The predicted octanol–water partition coefficient (Wildman–Crippen LogP) is 3.65. The van der Waals surface area contributed by atoms with Crippen LogP contribution in [-0.2, 0) is 0 Å². The van der Waals surface area contributed by atoms with E-state index in [1.165, 1.54) is 11.0 Å². The molecular formula is C22H22ClN3O3. The molecule has 0 saturated carbocycles. The van der Waals surface area contributed by atoms with E-state index < -0.39 is 11.3 Å². The Labute approximate surface area is 174 Å². The van der Waals surface area contributed by atoms with Crippen LogP contribution >= 0.6 is 11.6 Å². The van der Waals surface area contributed by atoms with Crippen LogP contribution in [-0.4, -0.2) is 40.8 Å². The number of aromatic nitrogens is 2. The van der Waals surface area contributed by atoms with Crippen molar-refractivity contribution in [1.82, 2.24) is 14.7 Å². The van der Waals surface area contributed by atoms with Crippen molar-refractivity contribution in [2.24, 2.45) is 0 Å². The van der Waals surface area contributed by atoms with Crippen molar-refractivity contribution >= 4 is 17.5 Å². The second-order valence-corrected chi connectivity index (χ2v) is 7.21. The second-order valence-electron chi connectivity index (χ2n) is 6.78. The van der Waals surface area contributed by atoms with Crippen LogP contribution in [0.1, 0.15) is 21.7 Å². The Morgan fingerprint density at radius 2 is 1.76 bits per heavy atom. The number of amides is 1. The van der Waals surface area contributed by atoms with E-state index in [-0.39, 0.29) is 5.69 Å². The molecule has 6 nitrogen and oxygen atoms in total. The predicted molar refractivity (Wildman–Crippen MR) is 113 cm³/mol. The Balaban J connectivity index is 1.73. The minimum Gasteiger partial charge on any atom is -0.492 e. The molecule has 150 valence electrons. The molecule has 0 unspecified atom stereocenters. The first-order chi connectivity index (χ1) is 13.8. The minimum absolute atomic E-state index is 0.136. The van der Waals surface area contributed by atoms with E-state index in [4.69, 9.17) is 16.3 Å². The molecular weight excluding hydrogens is 390 g/mol. The third kappa shape index (κ3) is 5.03. The molecule has 2 aromatic carbocycles. The van der Waals surface area contributed by atoms with Crippen molar-refractivity contribution < 1.29 is 9.53 Å². The third-order valence-corrected chi connectivity index (χ3v) is 4.70. The fourth-order valence-electron chi connectivity index (χ4n) is 2.76. The highest BCUT2D eigenvalue weighted by Gasteiger charge is 2.19. The van der Waals surface area contributed by atoms with Crippen LogP contribution in [0.3, 0.4) is 0 Å². The first-order valence-corrected chi connectivity index (χ1v) is 9.55. The van der Waals surface area contributed by atoms with Gasteiger partial charge in [0.15, 0.2) is 5.69 Å². The van der Waals surface area contributed by atoms with Gasteiger partial charge in [0.1, 0.15) is 12.4 Å². The molecule has 1 aromatic heterocycles. The van der Waals surface area contributed by atoms with Crippen molar-refractivity contribution in [3.8, 4) is 11.4 Å². The van der Waals surface area contributed by atoms with Crippen LogP contribution in [0.2, 0.25) is 5.02 Å². The van der Waals surface area contributed by atoms with E-state index in [0.29, 0.717) is 29.6 Å². The van der Waals surface area contributed by atoms with E-state index in [9.17, 15) is 9.59 Å². The molecule has 29 heavy (non-hydrogen) atoms. The maximum atomic E-state index is 12.8. The standard InChI is InChI=1S/C22H22ClN3O3/c1-15-4-10-19(11-5-15)29-13-12-25(3)22(28)21-20(27)14-16(2)26(24-21)18-8-6-17(23)7-9-18/h4-11,14H,12-13H2,1-3H3. The highest BCUT2D eigenvalue weighted by atomic mass is 35.5. The molecule has 7 heteroatoms. The zero-order valence-corrected chi connectivity index (χ0v) is 17.3. The van der Waals surface area contributed by atoms with Crippen LogP contribution in [0.15, 0.2) is 59.4 Å². The smallest absolute Gasteiger partial charge is 0.278 e. The van der Waals surface area contributed by atoms with Crippen molar-refractivity contribution in [1.29, 1.82) is 0 Å². The number of rotatable bonds is 6. The summed E-state index contributed by atoms with van der Waals surface area (Å²) >= 11 is 5.94. The Morgan fingerprint density at radius 3 is 2.41 bits per heavy atom. The van der Waals surface area contributed by atoms with Gasteiger partial charge in [0.25, 0.3) is 5.91 Å². The maximum absolute atomic E-state index is 12.8. The summed E-state index contributed by atoms with van der Waals surface area (Å²) in [5.41, 5.74) is 1.94. The number of ether oxygens (including phenoxy) is 1. The molecule has 3 rings (SSSR count). The van der Waals surface area contributed by atoms with Crippen molar-refractivity contribution in [3.05, 3.63) is 86.8 Å². The Bertz CT molecular complexity index is 1060. The zero-order chi connectivity index (χ0) is 21.0. The summed E-state index contributed by atoms with van der Waals surface area (Å²) in [5.74, 6) is 0.278. The molecule has 3 aromatic rings. The monoisotopic (exact) mass is 411 g/mol. The summed E-state index contributed by atoms with van der Waals surface area (Å²) in [6, 6.07) is 16.1. The molecule has 0 aliphatic heterocycles. The topological polar surface area (TPSA) is 64.4 Å². The van der Waals surface area contributed by atoms with E-state index >= 15 is 0 Å². The number of benzene rings is 2. The van der Waals surface area contributed by atoms with Gasteiger partial charge in [-0.25, -0.2) is 4.68 Å². The molecule has 0 spiro atoms. The number of nitrogens with zero attached hydrogens (tertiary/aromatic N) is 3. The van der Waals surface area contributed by atoms with E-state index in [2.05, 4.69) is 5.10 Å². The molecule has 0 bridgehead atoms. The van der Waals surface area contributed by atoms with Gasteiger partial charge in [0.2, 0.25) is 5.43 Å². The lowest BCUT2D eigenvalue weighted by atomic mass is 10.2. The molecule has 0 aliphatic rings. The van der Waals surface area contributed by atoms with Crippen LogP contribution in [0.4, 0.5) is 0 Å². The van der Waals surface area contributed by atoms with Gasteiger partial charge in [-0.3, -0.25) is 9.59 Å². The van der Waals surface area contributed by atoms with Gasteiger partial charge in [-0.2, -0.15) is 5.10 Å². The summed E-state index contributed by atoms with van der Waals surface area (Å²) in [6.07, 6.45) is 0. The molecule has 0 fully saturated rings. The second kappa shape index (κ2) is 8.92. The first kappa shape index (κ1) is 20.6. The quantitative estimate of drug-likeness (QED) is 0.621. The SMILES string of the molecule is Cc1ccc(OCCN(C)C(=O)c2nn(-c3ccc(Cl)cc3)c(C)cc2=O)cc1. The molecule has 0 radical (unpaired) electrons. The molecule has 1 heterocycles. The van der Waals surface area contributed by atoms with Crippen LogP contribution in [0.25, 0.3) is 5.69 Å². The number of hydrogen-bond acceptors (Lipinski definition) is 4. The molecule has 0 saturated heterocycles. The van der Waals surface area contributed by atoms with E-state index in [1.54, 1.807) is 42.9 Å². The van der Waals surface area contributed by atoms with Crippen LogP contribution in [0, 0.1) is 13.8 Å². The van der Waals surface area contributed by atoms with Gasteiger partial charge >= 0.3 is 0 Å². The lowest BCUT2D eigenvalue weighted by Gasteiger charge is -2.18.